The maximum Gasteiger partial charge on any atom is 0.264 e. The Morgan fingerprint density at radius 2 is 1.81 bits per heavy atom. The Balaban J connectivity index is 2.25. The molecule has 0 aliphatic rings. The highest BCUT2D eigenvalue weighted by atomic mass is 32.2. The topological polar surface area (TPSA) is 66.5 Å². The molecule has 140 valence electrons. The number of hydrogen-bond acceptors (Lipinski definition) is 3. The maximum absolute atomic E-state index is 12.8. The predicted octanol–water partition coefficient (Wildman–Crippen LogP) is 3.74. The molecular formula is C20H26N2O3S. The van der Waals surface area contributed by atoms with Gasteiger partial charge in [0.2, 0.25) is 0 Å². The number of hydrogen-bond donors (Lipinski definition) is 1. The average Bonchev–Trinajstić information content (AvgIpc) is 2.61. The molecule has 0 spiro atoms. The van der Waals surface area contributed by atoms with Crippen molar-refractivity contribution in [2.45, 2.75) is 44.6 Å². The number of sulfonamides is 1. The molecule has 1 atom stereocenters. The zero-order valence-corrected chi connectivity index (χ0v) is 16.5. The molecule has 0 aliphatic heterocycles. The van der Waals surface area contributed by atoms with Crippen molar-refractivity contribution in [2.24, 2.45) is 0 Å². The highest BCUT2D eigenvalue weighted by Gasteiger charge is 2.22. The van der Waals surface area contributed by atoms with Gasteiger partial charge in [-0.15, -0.1) is 0 Å². The fourth-order valence-corrected chi connectivity index (χ4v) is 3.85. The molecule has 26 heavy (non-hydrogen) atoms. The largest absolute Gasteiger partial charge is 0.350 e. The molecule has 0 fully saturated rings. The number of aryl methyl sites for hydroxylation is 1. The summed E-state index contributed by atoms with van der Waals surface area (Å²) in [5.74, 6) is -0.200. The van der Waals surface area contributed by atoms with Gasteiger partial charge in [-0.05, 0) is 50.6 Å². The van der Waals surface area contributed by atoms with Gasteiger partial charge in [0.1, 0.15) is 0 Å². The molecule has 1 amide bonds. The zero-order chi connectivity index (χ0) is 19.3. The maximum atomic E-state index is 12.8. The Morgan fingerprint density at radius 1 is 1.15 bits per heavy atom. The minimum absolute atomic E-state index is 0.0742. The van der Waals surface area contributed by atoms with Gasteiger partial charge in [-0.3, -0.25) is 9.10 Å². The summed E-state index contributed by atoms with van der Waals surface area (Å²) in [4.78, 5) is 12.6. The van der Waals surface area contributed by atoms with Gasteiger partial charge >= 0.3 is 0 Å². The molecule has 2 rings (SSSR count). The van der Waals surface area contributed by atoms with E-state index in [9.17, 15) is 13.2 Å². The first-order chi connectivity index (χ1) is 12.3. The summed E-state index contributed by atoms with van der Waals surface area (Å²) >= 11 is 0. The van der Waals surface area contributed by atoms with E-state index in [1.807, 2.05) is 13.8 Å². The van der Waals surface area contributed by atoms with Crippen LogP contribution >= 0.6 is 0 Å². The number of nitrogens with one attached hydrogen (secondary N) is 1. The predicted molar refractivity (Wildman–Crippen MR) is 105 cm³/mol. The summed E-state index contributed by atoms with van der Waals surface area (Å²) in [5.41, 5.74) is 1.88. The second-order valence-electron chi connectivity index (χ2n) is 6.50. The lowest BCUT2D eigenvalue weighted by atomic mass is 10.1. The fourth-order valence-electron chi connectivity index (χ4n) is 2.66. The molecule has 1 N–H and O–H groups in total. The van der Waals surface area contributed by atoms with Gasteiger partial charge in [0.25, 0.3) is 15.9 Å². The van der Waals surface area contributed by atoms with Gasteiger partial charge in [-0.2, -0.15) is 0 Å². The van der Waals surface area contributed by atoms with E-state index in [4.69, 9.17) is 0 Å². The van der Waals surface area contributed by atoms with E-state index >= 15 is 0 Å². The molecule has 0 saturated carbocycles. The van der Waals surface area contributed by atoms with Crippen LogP contribution in [0.5, 0.6) is 0 Å². The highest BCUT2D eigenvalue weighted by molar-refractivity contribution is 7.92. The van der Waals surface area contributed by atoms with Crippen LogP contribution in [-0.2, 0) is 10.0 Å². The average molecular weight is 375 g/mol. The van der Waals surface area contributed by atoms with Gasteiger partial charge in [0.15, 0.2) is 0 Å². The van der Waals surface area contributed by atoms with Crippen LogP contribution in [-0.4, -0.2) is 27.4 Å². The molecule has 0 saturated heterocycles. The summed E-state index contributed by atoms with van der Waals surface area (Å²) in [6.45, 7) is 5.93. The standard InChI is InChI=1S/C20H26N2O3S/c1-5-7-16(3)21-20(23)17-8-6-9-18(14-17)22(4)26(24,25)19-12-10-15(2)11-13-19/h6,8-14,16H,5,7H2,1-4H3,(H,21,23). The van der Waals surface area contributed by atoms with E-state index in [0.29, 0.717) is 11.3 Å². The summed E-state index contributed by atoms with van der Waals surface area (Å²) in [6, 6.07) is 13.4. The van der Waals surface area contributed by atoms with Crippen LogP contribution < -0.4 is 9.62 Å². The molecule has 0 heterocycles. The highest BCUT2D eigenvalue weighted by Crippen LogP contribution is 2.23. The number of carbonyl (C=O) groups is 1. The summed E-state index contributed by atoms with van der Waals surface area (Å²) < 4.78 is 26.8. The van der Waals surface area contributed by atoms with Crippen LogP contribution in [0.4, 0.5) is 5.69 Å². The number of anilines is 1. The first-order valence-corrected chi connectivity index (χ1v) is 10.2. The van der Waals surface area contributed by atoms with Crippen molar-refractivity contribution in [3.63, 3.8) is 0 Å². The van der Waals surface area contributed by atoms with Crippen molar-refractivity contribution in [1.82, 2.24) is 5.32 Å². The number of nitrogens with zero attached hydrogens (tertiary/aromatic N) is 1. The Hall–Kier alpha value is -2.34. The lowest BCUT2D eigenvalue weighted by Crippen LogP contribution is -2.32. The van der Waals surface area contributed by atoms with E-state index in [1.54, 1.807) is 48.5 Å². The van der Waals surface area contributed by atoms with Gasteiger partial charge < -0.3 is 5.32 Å². The van der Waals surface area contributed by atoms with Gasteiger partial charge in [-0.25, -0.2) is 8.42 Å². The summed E-state index contributed by atoms with van der Waals surface area (Å²) in [5, 5.41) is 2.93. The van der Waals surface area contributed by atoms with Crippen LogP contribution in [0.3, 0.4) is 0 Å². The van der Waals surface area contributed by atoms with Crippen LogP contribution in [0.15, 0.2) is 53.4 Å². The van der Waals surface area contributed by atoms with Gasteiger partial charge in [0, 0.05) is 18.7 Å². The van der Waals surface area contributed by atoms with Gasteiger partial charge in [0.05, 0.1) is 10.6 Å². The molecule has 6 heteroatoms. The minimum atomic E-state index is -3.68. The van der Waals surface area contributed by atoms with Crippen molar-refractivity contribution in [1.29, 1.82) is 0 Å². The molecule has 1 unspecified atom stereocenters. The molecule has 5 nitrogen and oxygen atoms in total. The Bertz CT molecular complexity index is 861. The molecule has 2 aromatic carbocycles. The lowest BCUT2D eigenvalue weighted by Gasteiger charge is -2.20. The normalized spacial score (nSPS) is 12.5. The smallest absolute Gasteiger partial charge is 0.264 e. The van der Waals surface area contributed by atoms with E-state index in [-0.39, 0.29) is 16.8 Å². The number of rotatable bonds is 7. The Kier molecular flexibility index (Phi) is 6.42. The Labute approximate surface area is 156 Å². The molecule has 0 radical (unpaired) electrons. The Morgan fingerprint density at radius 3 is 2.42 bits per heavy atom. The van der Waals surface area contributed by atoms with Crippen LogP contribution in [0.25, 0.3) is 0 Å². The third-order valence-electron chi connectivity index (χ3n) is 4.25. The van der Waals surface area contributed by atoms with E-state index < -0.39 is 10.0 Å². The van der Waals surface area contributed by atoms with Crippen molar-refractivity contribution >= 4 is 21.6 Å². The third-order valence-corrected chi connectivity index (χ3v) is 6.05. The number of benzene rings is 2. The quantitative estimate of drug-likeness (QED) is 0.803. The zero-order valence-electron chi connectivity index (χ0n) is 15.7. The first-order valence-electron chi connectivity index (χ1n) is 8.72. The van der Waals surface area contributed by atoms with Crippen molar-refractivity contribution in [3.05, 3.63) is 59.7 Å². The van der Waals surface area contributed by atoms with E-state index in [2.05, 4.69) is 12.2 Å². The minimum Gasteiger partial charge on any atom is -0.350 e. The molecule has 2 aromatic rings. The molecule has 0 aromatic heterocycles. The SMILES string of the molecule is CCCC(C)NC(=O)c1cccc(N(C)S(=O)(=O)c2ccc(C)cc2)c1. The molecule has 0 bridgehead atoms. The van der Waals surface area contributed by atoms with E-state index in [0.717, 1.165) is 18.4 Å². The van der Waals surface area contributed by atoms with Crippen LogP contribution in [0, 0.1) is 6.92 Å². The second-order valence-corrected chi connectivity index (χ2v) is 8.47. The van der Waals surface area contributed by atoms with Crippen LogP contribution in [0.1, 0.15) is 42.6 Å². The number of carbonyl (C=O) groups excluding carboxylic acids is 1. The lowest BCUT2D eigenvalue weighted by molar-refractivity contribution is 0.0938. The fraction of sp³-hybridized carbons (Fsp3) is 0.350. The second kappa shape index (κ2) is 8.36. The first kappa shape index (κ1) is 20.0. The van der Waals surface area contributed by atoms with Crippen molar-refractivity contribution in [3.8, 4) is 0 Å². The summed E-state index contributed by atoms with van der Waals surface area (Å²) in [7, 11) is -2.19. The van der Waals surface area contributed by atoms with Crippen molar-refractivity contribution in [2.75, 3.05) is 11.4 Å². The monoisotopic (exact) mass is 374 g/mol. The third kappa shape index (κ3) is 4.64. The van der Waals surface area contributed by atoms with Crippen LogP contribution in [0.2, 0.25) is 0 Å². The summed E-state index contributed by atoms with van der Waals surface area (Å²) in [6.07, 6.45) is 1.88. The van der Waals surface area contributed by atoms with Crippen molar-refractivity contribution < 1.29 is 13.2 Å². The molecule has 0 aliphatic carbocycles. The number of amides is 1. The van der Waals surface area contributed by atoms with E-state index in [1.165, 1.54) is 11.4 Å². The van der Waals surface area contributed by atoms with Gasteiger partial charge in [-0.1, -0.05) is 37.1 Å². The molecular weight excluding hydrogens is 348 g/mol.